The third-order valence-electron chi connectivity index (χ3n) is 10.7. The molecule has 0 saturated heterocycles. The van der Waals surface area contributed by atoms with E-state index in [1.165, 1.54) is 0 Å². The number of rotatable bonds is 14. The molecule has 9 nitrogen and oxygen atoms in total. The van der Waals surface area contributed by atoms with E-state index < -0.39 is 5.54 Å². The highest BCUT2D eigenvalue weighted by molar-refractivity contribution is 5.81. The molecule has 2 heterocycles. The van der Waals surface area contributed by atoms with Crippen molar-refractivity contribution in [2.75, 3.05) is 13.1 Å². The summed E-state index contributed by atoms with van der Waals surface area (Å²) in [6.07, 6.45) is 1.27. The summed E-state index contributed by atoms with van der Waals surface area (Å²) in [7, 11) is 0. The highest BCUT2D eigenvalue weighted by Gasteiger charge is 2.42. The Balaban J connectivity index is 1.27. The SMILES string of the molecule is CCc1nc(C)c(CCC(=O)N(CC)CC)c(=O)n1Cc1ccc(-c2ccccc2-c2nnnn2C(c2ccccc2)(c2ccccc2)c2ccccc2)cc1. The third kappa shape index (κ3) is 7.20. The molecule has 0 radical (unpaired) electrons. The lowest BCUT2D eigenvalue weighted by Crippen LogP contribution is -2.39. The predicted octanol–water partition coefficient (Wildman–Crippen LogP) is 8.12. The summed E-state index contributed by atoms with van der Waals surface area (Å²) >= 11 is 0. The molecule has 0 unspecified atom stereocenters. The number of carbonyl (C=O) groups is 1. The van der Waals surface area contributed by atoms with Crippen LogP contribution in [0.3, 0.4) is 0 Å². The van der Waals surface area contributed by atoms with Crippen LogP contribution < -0.4 is 5.56 Å². The number of aromatic nitrogens is 6. The third-order valence-corrected chi connectivity index (χ3v) is 10.7. The second-order valence-electron chi connectivity index (χ2n) is 13.9. The minimum Gasteiger partial charge on any atom is -0.343 e. The quantitative estimate of drug-likeness (QED) is 0.105. The Labute approximate surface area is 328 Å². The lowest BCUT2D eigenvalue weighted by molar-refractivity contribution is -0.130. The van der Waals surface area contributed by atoms with Crippen LogP contribution in [0, 0.1) is 6.92 Å². The zero-order valence-corrected chi connectivity index (χ0v) is 32.5. The van der Waals surface area contributed by atoms with E-state index in [1.807, 2.05) is 62.7 Å². The van der Waals surface area contributed by atoms with Gasteiger partial charge in [-0.05, 0) is 71.0 Å². The molecule has 1 amide bonds. The van der Waals surface area contributed by atoms with Crippen LogP contribution in [0.25, 0.3) is 22.5 Å². The fourth-order valence-corrected chi connectivity index (χ4v) is 7.83. The molecule has 56 heavy (non-hydrogen) atoms. The summed E-state index contributed by atoms with van der Waals surface area (Å²) < 4.78 is 3.72. The summed E-state index contributed by atoms with van der Waals surface area (Å²) in [5.41, 5.74) is 7.23. The first-order valence-corrected chi connectivity index (χ1v) is 19.4. The van der Waals surface area contributed by atoms with Gasteiger partial charge in [-0.25, -0.2) is 9.67 Å². The number of hydrogen-bond acceptors (Lipinski definition) is 6. The van der Waals surface area contributed by atoms with Crippen molar-refractivity contribution in [1.29, 1.82) is 0 Å². The fraction of sp³-hybridized carbons (Fsp3) is 0.234. The highest BCUT2D eigenvalue weighted by atomic mass is 16.2. The van der Waals surface area contributed by atoms with Crippen molar-refractivity contribution in [3.8, 4) is 22.5 Å². The number of tetrazole rings is 1. The second kappa shape index (κ2) is 16.9. The van der Waals surface area contributed by atoms with Crippen LogP contribution in [0.5, 0.6) is 0 Å². The van der Waals surface area contributed by atoms with Gasteiger partial charge in [-0.1, -0.05) is 146 Å². The number of carbonyl (C=O) groups excluding carboxylic acids is 1. The maximum Gasteiger partial charge on any atom is 0.257 e. The Hall–Kier alpha value is -6.48. The van der Waals surface area contributed by atoms with E-state index in [1.54, 1.807) is 9.47 Å². The Morgan fingerprint density at radius 1 is 0.696 bits per heavy atom. The standard InChI is InChI=1S/C47H47N7O2/c1-5-43-48-34(4)40(31-32-44(55)52(6-2)7-3)46(56)53(43)33-35-27-29-36(30-28-35)41-25-17-18-26-42(41)45-49-50-51-54(45)47(37-19-11-8-12-20-37,38-21-13-9-14-22-38)39-23-15-10-16-24-39/h8-30H,5-7,31-33H2,1-4H3. The molecule has 0 spiro atoms. The van der Waals surface area contributed by atoms with E-state index in [0.29, 0.717) is 49.6 Å². The average molecular weight is 742 g/mol. The lowest BCUT2D eigenvalue weighted by atomic mass is 9.77. The highest BCUT2D eigenvalue weighted by Crippen LogP contribution is 2.43. The molecular formula is C47H47N7O2. The number of hydrogen-bond donors (Lipinski definition) is 0. The van der Waals surface area contributed by atoms with E-state index in [4.69, 9.17) is 15.3 Å². The van der Waals surface area contributed by atoms with Gasteiger partial charge in [-0.2, -0.15) is 0 Å². The Morgan fingerprint density at radius 2 is 1.23 bits per heavy atom. The zero-order chi connectivity index (χ0) is 39.1. The minimum absolute atomic E-state index is 0.0516. The van der Waals surface area contributed by atoms with Crippen LogP contribution in [-0.4, -0.2) is 53.7 Å². The summed E-state index contributed by atoms with van der Waals surface area (Å²) in [5.74, 6) is 1.40. The van der Waals surface area contributed by atoms with Crippen LogP contribution in [-0.2, 0) is 29.7 Å². The van der Waals surface area contributed by atoms with Gasteiger partial charge in [0.2, 0.25) is 5.91 Å². The first-order valence-electron chi connectivity index (χ1n) is 19.4. The van der Waals surface area contributed by atoms with Gasteiger partial charge in [-0.3, -0.25) is 14.2 Å². The van der Waals surface area contributed by atoms with Gasteiger partial charge >= 0.3 is 0 Å². The van der Waals surface area contributed by atoms with Crippen molar-refractivity contribution in [2.45, 2.75) is 59.0 Å². The van der Waals surface area contributed by atoms with Gasteiger partial charge in [0.05, 0.1) is 6.54 Å². The van der Waals surface area contributed by atoms with Crippen molar-refractivity contribution in [1.82, 2.24) is 34.7 Å². The Kier molecular flexibility index (Phi) is 11.4. The van der Waals surface area contributed by atoms with Crippen molar-refractivity contribution in [2.24, 2.45) is 0 Å². The van der Waals surface area contributed by atoms with Crippen molar-refractivity contribution < 1.29 is 4.79 Å². The maximum atomic E-state index is 14.0. The largest absolute Gasteiger partial charge is 0.343 e. The second-order valence-corrected chi connectivity index (χ2v) is 13.9. The lowest BCUT2D eigenvalue weighted by Gasteiger charge is -2.36. The maximum absolute atomic E-state index is 14.0. The molecule has 0 aliphatic carbocycles. The number of aryl methyl sites for hydroxylation is 2. The van der Waals surface area contributed by atoms with Crippen LogP contribution in [0.1, 0.15) is 66.5 Å². The summed E-state index contributed by atoms with van der Waals surface area (Å²) in [6.45, 7) is 9.50. The Morgan fingerprint density at radius 3 is 1.77 bits per heavy atom. The van der Waals surface area contributed by atoms with Crippen LogP contribution >= 0.6 is 0 Å². The number of amides is 1. The molecule has 7 rings (SSSR count). The first kappa shape index (κ1) is 37.8. The molecule has 9 heteroatoms. The molecule has 5 aromatic carbocycles. The van der Waals surface area contributed by atoms with Gasteiger partial charge in [0.1, 0.15) is 11.4 Å². The van der Waals surface area contributed by atoms with Gasteiger partial charge in [-0.15, -0.1) is 5.10 Å². The first-order chi connectivity index (χ1) is 27.4. The molecule has 2 aromatic heterocycles. The van der Waals surface area contributed by atoms with E-state index >= 15 is 0 Å². The average Bonchev–Trinajstić information content (AvgIpc) is 3.74. The van der Waals surface area contributed by atoms with Crippen LogP contribution in [0.4, 0.5) is 0 Å². The zero-order valence-electron chi connectivity index (χ0n) is 32.5. The Bertz CT molecular complexity index is 2360. The van der Waals surface area contributed by atoms with Crippen LogP contribution in [0.2, 0.25) is 0 Å². The number of nitrogens with zero attached hydrogens (tertiary/aromatic N) is 7. The fourth-order valence-electron chi connectivity index (χ4n) is 7.83. The van der Waals surface area contributed by atoms with E-state index in [-0.39, 0.29) is 17.9 Å². The van der Waals surface area contributed by atoms with Gasteiger partial charge < -0.3 is 4.90 Å². The molecule has 0 fully saturated rings. The molecule has 0 N–H and O–H groups in total. The molecule has 0 atom stereocenters. The molecular weight excluding hydrogens is 695 g/mol. The molecule has 0 bridgehead atoms. The summed E-state index contributed by atoms with van der Waals surface area (Å²) in [6, 6.07) is 47.6. The van der Waals surface area contributed by atoms with E-state index in [9.17, 15) is 9.59 Å². The van der Waals surface area contributed by atoms with E-state index in [0.717, 1.165) is 44.8 Å². The van der Waals surface area contributed by atoms with Gasteiger partial charge in [0.25, 0.3) is 5.56 Å². The minimum atomic E-state index is -0.885. The molecule has 282 valence electrons. The monoisotopic (exact) mass is 741 g/mol. The predicted molar refractivity (Wildman–Crippen MR) is 221 cm³/mol. The van der Waals surface area contributed by atoms with Gasteiger partial charge in [0.15, 0.2) is 5.82 Å². The summed E-state index contributed by atoms with van der Waals surface area (Å²) in [5, 5.41) is 13.8. The topological polar surface area (TPSA) is 98.8 Å². The van der Waals surface area contributed by atoms with Crippen molar-refractivity contribution >= 4 is 5.91 Å². The van der Waals surface area contributed by atoms with E-state index in [2.05, 4.69) is 114 Å². The molecule has 7 aromatic rings. The van der Waals surface area contributed by atoms with Gasteiger partial charge in [0, 0.05) is 42.8 Å². The molecule has 0 aliphatic heterocycles. The normalized spacial score (nSPS) is 11.4. The molecule has 0 aliphatic rings. The summed E-state index contributed by atoms with van der Waals surface area (Å²) in [4.78, 5) is 33.4. The van der Waals surface area contributed by atoms with Crippen molar-refractivity contribution in [3.05, 3.63) is 189 Å². The number of benzene rings is 5. The smallest absolute Gasteiger partial charge is 0.257 e. The molecule has 0 saturated carbocycles. The van der Waals surface area contributed by atoms with Crippen molar-refractivity contribution in [3.63, 3.8) is 0 Å². The van der Waals surface area contributed by atoms with Crippen LogP contribution in [0.15, 0.2) is 144 Å².